The van der Waals surface area contributed by atoms with E-state index in [1.165, 1.54) is 65.0 Å². The summed E-state index contributed by atoms with van der Waals surface area (Å²) >= 11 is 0. The maximum absolute atomic E-state index is 14.3. The number of nitrogens with zero attached hydrogens (tertiary/aromatic N) is 1. The van der Waals surface area contributed by atoms with Crippen molar-refractivity contribution in [2.75, 3.05) is 19.5 Å². The zero-order valence-corrected chi connectivity index (χ0v) is 27.1. The second-order valence-corrected chi connectivity index (χ2v) is 13.2. The van der Waals surface area contributed by atoms with Crippen LogP contribution < -0.4 is 16.4 Å². The highest BCUT2D eigenvalue weighted by atomic mass is 32.2. The van der Waals surface area contributed by atoms with Gasteiger partial charge in [-0.25, -0.2) is 22.0 Å². The van der Waals surface area contributed by atoms with Crippen LogP contribution >= 0.6 is 0 Å². The number of rotatable bonds is 15. The smallest absolute Gasteiger partial charge is 0.407 e. The average molecular weight is 661 g/mol. The predicted molar refractivity (Wildman–Crippen MR) is 171 cm³/mol. The van der Waals surface area contributed by atoms with Crippen LogP contribution in [0, 0.1) is 11.6 Å². The largest absolute Gasteiger partial charge is 0.453 e. The minimum Gasteiger partial charge on any atom is -0.453 e. The number of sulfonamides is 1. The molecule has 0 saturated heterocycles. The first-order valence-electron chi connectivity index (χ1n) is 14.9. The summed E-state index contributed by atoms with van der Waals surface area (Å²) in [6.07, 6.45) is 0.209. The van der Waals surface area contributed by atoms with Gasteiger partial charge >= 0.3 is 6.09 Å². The molecule has 0 saturated carbocycles. The fraction of sp³-hybridized carbons (Fsp3) is 0.394. The van der Waals surface area contributed by atoms with E-state index in [1.807, 2.05) is 0 Å². The van der Waals surface area contributed by atoms with Crippen LogP contribution in [-0.4, -0.2) is 67.7 Å². The number of carbonyl (C=O) groups excluding carboxylic acids is 2. The number of nitrogens with one attached hydrogen (secondary N) is 2. The molecule has 0 bridgehead atoms. The number of ether oxygens (including phenoxy) is 1. The lowest BCUT2D eigenvalue weighted by Gasteiger charge is -2.33. The maximum Gasteiger partial charge on any atom is 0.407 e. The Labute approximate surface area is 269 Å². The minimum atomic E-state index is -3.95. The number of aliphatic hydroxyl groups is 1. The number of amides is 2. The van der Waals surface area contributed by atoms with Gasteiger partial charge in [0.2, 0.25) is 15.9 Å². The van der Waals surface area contributed by atoms with Crippen molar-refractivity contribution in [2.45, 2.75) is 75.0 Å². The first-order chi connectivity index (χ1) is 21.8. The summed E-state index contributed by atoms with van der Waals surface area (Å²) < 4.78 is 61.6. The van der Waals surface area contributed by atoms with Gasteiger partial charge in [-0.3, -0.25) is 4.79 Å². The predicted octanol–water partition coefficient (Wildman–Crippen LogP) is 4.54. The molecule has 5 N–H and O–H groups in total. The molecular weight excluding hydrogens is 618 g/mol. The van der Waals surface area contributed by atoms with Gasteiger partial charge < -0.3 is 26.2 Å². The molecule has 0 heterocycles. The lowest BCUT2D eigenvalue weighted by Crippen LogP contribution is -2.52. The molecule has 0 aromatic heterocycles. The van der Waals surface area contributed by atoms with E-state index in [4.69, 9.17) is 10.5 Å². The summed E-state index contributed by atoms with van der Waals surface area (Å²) in [6.45, 7) is 4.78. The molecule has 0 unspecified atom stereocenters. The third-order valence-corrected chi connectivity index (χ3v) is 9.73. The zero-order valence-electron chi connectivity index (χ0n) is 26.3. The number of methoxy groups -OCH3 is 1. The molecule has 3 rings (SSSR count). The standard InChI is InChI=1S/C33H42F2N4O6S/c1-21(2)39(46(43,44)29-16-14-27(36)15-17-29)28(20-40)13-5-8-22(3)37-32(41)31(38-33(42)45-4)30(23-9-6-11-25(34)18-23)24-10-7-12-26(35)19-24/h6-7,9-12,14-19,21-22,28,30-31,40H,5,8,13,20,36H2,1-4H3,(H,37,41)(H,38,42)/t22-,28-,31-/m0/s1. The van der Waals surface area contributed by atoms with E-state index in [0.717, 1.165) is 7.11 Å². The molecule has 0 aliphatic carbocycles. The van der Waals surface area contributed by atoms with Crippen molar-refractivity contribution >= 4 is 27.7 Å². The molecule has 10 nitrogen and oxygen atoms in total. The highest BCUT2D eigenvalue weighted by Gasteiger charge is 2.35. The Morgan fingerprint density at radius 3 is 1.96 bits per heavy atom. The van der Waals surface area contributed by atoms with Crippen molar-refractivity contribution < 1.29 is 36.6 Å². The second-order valence-electron chi connectivity index (χ2n) is 11.4. The number of aliphatic hydroxyl groups excluding tert-OH is 1. The summed E-state index contributed by atoms with van der Waals surface area (Å²) in [5, 5.41) is 15.6. The number of halogens is 2. The molecule has 2 amide bonds. The first kappa shape index (κ1) is 36.4. The Bertz CT molecular complexity index is 1530. The molecule has 0 aliphatic rings. The molecule has 0 radical (unpaired) electrons. The van der Waals surface area contributed by atoms with Crippen molar-refractivity contribution in [3.8, 4) is 0 Å². The number of hydrogen-bond donors (Lipinski definition) is 4. The van der Waals surface area contributed by atoms with Crippen molar-refractivity contribution in [3.63, 3.8) is 0 Å². The Kier molecular flexibility index (Phi) is 13.0. The van der Waals surface area contributed by atoms with Crippen LogP contribution in [0.4, 0.5) is 19.3 Å². The summed E-state index contributed by atoms with van der Waals surface area (Å²) in [4.78, 5) is 26.1. The number of nitrogen functional groups attached to an aromatic ring is 1. The Balaban J connectivity index is 1.79. The topological polar surface area (TPSA) is 151 Å². The van der Waals surface area contributed by atoms with Gasteiger partial charge in [0.05, 0.1) is 18.6 Å². The highest BCUT2D eigenvalue weighted by Crippen LogP contribution is 2.30. The van der Waals surface area contributed by atoms with Crippen molar-refractivity contribution in [3.05, 3.63) is 95.6 Å². The van der Waals surface area contributed by atoms with E-state index >= 15 is 0 Å². The van der Waals surface area contributed by atoms with Crippen LogP contribution in [0.1, 0.15) is 57.1 Å². The summed E-state index contributed by atoms with van der Waals surface area (Å²) in [5.41, 5.74) is 6.81. The third-order valence-electron chi connectivity index (χ3n) is 7.59. The number of hydrogen-bond acceptors (Lipinski definition) is 7. The van der Waals surface area contributed by atoms with Crippen molar-refractivity contribution in [2.24, 2.45) is 0 Å². The lowest BCUT2D eigenvalue weighted by molar-refractivity contribution is -0.124. The van der Waals surface area contributed by atoms with Gasteiger partial charge in [-0.05, 0) is 99.7 Å². The van der Waals surface area contributed by atoms with Crippen LogP contribution in [0.2, 0.25) is 0 Å². The highest BCUT2D eigenvalue weighted by molar-refractivity contribution is 7.89. The summed E-state index contributed by atoms with van der Waals surface area (Å²) in [7, 11) is -2.81. The van der Waals surface area contributed by atoms with E-state index in [0.29, 0.717) is 36.1 Å². The molecule has 3 atom stereocenters. The van der Waals surface area contributed by atoms with Crippen LogP contribution in [0.25, 0.3) is 0 Å². The average Bonchev–Trinajstić information content (AvgIpc) is 3.00. The zero-order chi connectivity index (χ0) is 34.0. The fourth-order valence-electron chi connectivity index (χ4n) is 5.48. The number of anilines is 1. The first-order valence-corrected chi connectivity index (χ1v) is 16.4. The number of alkyl carbamates (subject to hydrolysis) is 1. The van der Waals surface area contributed by atoms with Crippen LogP contribution in [-0.2, 0) is 19.6 Å². The van der Waals surface area contributed by atoms with E-state index in [9.17, 15) is 31.9 Å². The second kappa shape index (κ2) is 16.5. The molecule has 0 aliphatic heterocycles. The van der Waals surface area contributed by atoms with Gasteiger partial charge in [0.15, 0.2) is 0 Å². The van der Waals surface area contributed by atoms with Gasteiger partial charge in [0.1, 0.15) is 17.7 Å². The molecule has 3 aromatic carbocycles. The molecule has 250 valence electrons. The van der Waals surface area contributed by atoms with Crippen molar-refractivity contribution in [1.29, 1.82) is 0 Å². The van der Waals surface area contributed by atoms with E-state index in [1.54, 1.807) is 32.9 Å². The van der Waals surface area contributed by atoms with Crippen LogP contribution in [0.3, 0.4) is 0 Å². The monoisotopic (exact) mass is 660 g/mol. The number of benzene rings is 3. The third kappa shape index (κ3) is 9.47. The lowest BCUT2D eigenvalue weighted by atomic mass is 9.84. The van der Waals surface area contributed by atoms with Gasteiger partial charge in [0, 0.05) is 29.7 Å². The molecular formula is C33H42F2N4O6S. The number of nitrogens with two attached hydrogens (primary N) is 1. The van der Waals surface area contributed by atoms with Gasteiger partial charge in [-0.1, -0.05) is 24.3 Å². The van der Waals surface area contributed by atoms with E-state index < -0.39 is 70.4 Å². The SMILES string of the molecule is COC(=O)N[C@H](C(=O)N[C@@H](C)CCC[C@@H](CO)N(C(C)C)S(=O)(=O)c1ccc(N)cc1)C(c1cccc(F)c1)c1cccc(F)c1. The normalized spacial score (nSPS) is 13.8. The van der Waals surface area contributed by atoms with Gasteiger partial charge in [0.25, 0.3) is 0 Å². The number of carbonyl (C=O) groups is 2. The molecule has 0 fully saturated rings. The molecule has 13 heteroatoms. The minimum absolute atomic E-state index is 0.0600. The molecule has 0 spiro atoms. The summed E-state index contributed by atoms with van der Waals surface area (Å²) in [6, 6.07) is 13.8. The van der Waals surface area contributed by atoms with Gasteiger partial charge in [-0.2, -0.15) is 4.31 Å². The Morgan fingerprint density at radius 2 is 1.48 bits per heavy atom. The molecule has 3 aromatic rings. The maximum atomic E-state index is 14.3. The van der Waals surface area contributed by atoms with E-state index in [2.05, 4.69) is 10.6 Å². The Hall–Kier alpha value is -4.07. The van der Waals surface area contributed by atoms with Crippen LogP contribution in [0.15, 0.2) is 77.7 Å². The fourth-order valence-corrected chi connectivity index (χ4v) is 7.33. The quantitative estimate of drug-likeness (QED) is 0.175. The van der Waals surface area contributed by atoms with Crippen LogP contribution in [0.5, 0.6) is 0 Å². The Morgan fingerprint density at radius 1 is 0.913 bits per heavy atom. The van der Waals surface area contributed by atoms with Crippen molar-refractivity contribution in [1.82, 2.24) is 14.9 Å². The molecule has 46 heavy (non-hydrogen) atoms. The van der Waals surface area contributed by atoms with Gasteiger partial charge in [-0.15, -0.1) is 0 Å². The summed E-state index contributed by atoms with van der Waals surface area (Å²) in [5.74, 6) is -2.74. The van der Waals surface area contributed by atoms with E-state index in [-0.39, 0.29) is 4.90 Å².